The maximum atomic E-state index is 14.0. The minimum absolute atomic E-state index is 0.00625. The average Bonchev–Trinajstić information content (AvgIpc) is 3.71. The molecule has 3 saturated carbocycles. The van der Waals surface area contributed by atoms with Gasteiger partial charge in [-0.15, -0.1) is 0 Å². The van der Waals surface area contributed by atoms with E-state index >= 15 is 0 Å². The maximum absolute atomic E-state index is 14.0. The molecule has 58 heavy (non-hydrogen) atoms. The number of nitrogens with two attached hydrogens (primary N) is 1. The highest BCUT2D eigenvalue weighted by atomic mass is 28.3. The molecule has 9 heteroatoms. The summed E-state index contributed by atoms with van der Waals surface area (Å²) in [5.41, 5.74) is 15.9. The fourth-order valence-corrected chi connectivity index (χ4v) is 23.0. The van der Waals surface area contributed by atoms with Gasteiger partial charge in [0.05, 0.1) is 24.3 Å². The van der Waals surface area contributed by atoms with Crippen molar-refractivity contribution in [3.63, 3.8) is 0 Å². The first-order valence-corrected chi connectivity index (χ1v) is 25.5. The Bertz CT molecular complexity index is 1940. The summed E-state index contributed by atoms with van der Waals surface area (Å²) in [7, 11) is -2.11. The van der Waals surface area contributed by atoms with Gasteiger partial charge >= 0.3 is 5.97 Å². The molecule has 6 aliphatic rings. The number of nitrogens with zero attached hydrogens (tertiary/aromatic N) is 3. The number of allylic oxidation sites excluding steroid dienone is 2. The number of nitrogens with one attached hydrogen (secondary N) is 1. The summed E-state index contributed by atoms with van der Waals surface area (Å²) < 4.78 is 8.70. The standard InChI is InChI=1S/C49H79N5O3Si/c1-30(2)58(31(3)4,32(5)6)54-28-33(27-53-20-22-57-23-21-53)36(29-54)34-24-39-46(11)25-35-41(51-52-42(35)50)45(9,10)38(46)14-15-47(39,12)48(13)17-19-49(43(55)56)18-16-44(7,8)26-37(49)40(34)48/h28-32,37-39H,14-27H2,1-13H3,(H,55,56)(H3,50,51,52). The van der Waals surface area contributed by atoms with Crippen molar-refractivity contribution in [1.82, 2.24) is 19.3 Å². The van der Waals surface area contributed by atoms with Crippen molar-refractivity contribution in [3.8, 4) is 0 Å². The van der Waals surface area contributed by atoms with Crippen LogP contribution < -0.4 is 5.73 Å². The molecule has 322 valence electrons. The molecular formula is C49H79N5O3Si. The molecule has 4 N–H and O–H groups in total. The highest BCUT2D eigenvalue weighted by Crippen LogP contribution is 2.77. The third-order valence-electron chi connectivity index (χ3n) is 19.3. The fourth-order valence-electron chi connectivity index (χ4n) is 16.4. The van der Waals surface area contributed by atoms with Crippen LogP contribution in [0.2, 0.25) is 16.6 Å². The van der Waals surface area contributed by atoms with Crippen molar-refractivity contribution in [1.29, 1.82) is 0 Å². The normalized spacial score (nSPS) is 36.0. The van der Waals surface area contributed by atoms with Crippen LogP contribution >= 0.6 is 0 Å². The summed E-state index contributed by atoms with van der Waals surface area (Å²) in [5, 5.41) is 19.6. The second kappa shape index (κ2) is 13.8. The lowest BCUT2D eigenvalue weighted by atomic mass is 9.32. The van der Waals surface area contributed by atoms with E-state index in [0.29, 0.717) is 28.5 Å². The van der Waals surface area contributed by atoms with E-state index < -0.39 is 19.6 Å². The van der Waals surface area contributed by atoms with Crippen LogP contribution in [0.15, 0.2) is 18.0 Å². The number of morpholine rings is 1. The van der Waals surface area contributed by atoms with E-state index in [9.17, 15) is 9.90 Å². The Kier molecular flexibility index (Phi) is 10.1. The number of carboxylic acids is 1. The number of anilines is 1. The number of carbonyl (C=O) groups is 1. The summed E-state index contributed by atoms with van der Waals surface area (Å²) in [4.78, 5) is 16.6. The lowest BCUT2D eigenvalue weighted by molar-refractivity contribution is -0.175. The quantitative estimate of drug-likeness (QED) is 0.229. The molecule has 2 aromatic heterocycles. The van der Waals surface area contributed by atoms with E-state index in [4.69, 9.17) is 15.6 Å². The minimum atomic E-state index is -2.11. The van der Waals surface area contributed by atoms with Crippen LogP contribution in [-0.4, -0.2) is 64.9 Å². The number of nitrogen functional groups attached to an aromatic ring is 1. The van der Waals surface area contributed by atoms with Crippen LogP contribution in [-0.2, 0) is 27.9 Å². The SMILES string of the molecule is CC(C)[Si](C(C)C)(C(C)C)n1cc(CN2CCOCC2)c(C2=C3C4CC(C)(C)CCC4(C(=O)O)CCC3(C)C3(C)CCC4C(C)(C)c5n[nH]c(N)c5CC4(C)C3C2)c1. The Morgan fingerprint density at radius 3 is 2.19 bits per heavy atom. The van der Waals surface area contributed by atoms with Crippen LogP contribution in [0.3, 0.4) is 0 Å². The molecule has 5 aliphatic carbocycles. The van der Waals surface area contributed by atoms with E-state index in [1.165, 1.54) is 28.0 Å². The third-order valence-corrected chi connectivity index (χ3v) is 26.0. The van der Waals surface area contributed by atoms with Gasteiger partial charge in [-0.2, -0.15) is 5.10 Å². The van der Waals surface area contributed by atoms with Crippen LogP contribution in [0.5, 0.6) is 0 Å². The highest BCUT2D eigenvalue weighted by Gasteiger charge is 2.70. The number of H-pyrrole nitrogens is 1. The smallest absolute Gasteiger partial charge is 0.310 e. The Hall–Kier alpha value is -2.36. The molecule has 8 nitrogen and oxygen atoms in total. The molecule has 0 spiro atoms. The number of ether oxygens (including phenoxy) is 1. The molecule has 3 heterocycles. The summed E-state index contributed by atoms with van der Waals surface area (Å²) in [5.74, 6) is 1.07. The van der Waals surface area contributed by atoms with Gasteiger partial charge in [0.1, 0.15) is 5.82 Å². The molecule has 7 atom stereocenters. The van der Waals surface area contributed by atoms with Gasteiger partial charge in [0.25, 0.3) is 0 Å². The van der Waals surface area contributed by atoms with Gasteiger partial charge in [0.15, 0.2) is 8.24 Å². The average molecular weight is 814 g/mol. The summed E-state index contributed by atoms with van der Waals surface area (Å²) in [6, 6.07) is 0. The first-order chi connectivity index (χ1) is 27.0. The Morgan fingerprint density at radius 1 is 0.931 bits per heavy atom. The van der Waals surface area contributed by atoms with E-state index in [1.54, 1.807) is 5.57 Å². The number of hydrogen-bond donors (Lipinski definition) is 3. The van der Waals surface area contributed by atoms with Gasteiger partial charge < -0.3 is 19.8 Å². The molecule has 0 radical (unpaired) electrons. The van der Waals surface area contributed by atoms with Crippen LogP contribution in [0.25, 0.3) is 5.57 Å². The van der Waals surface area contributed by atoms with Crippen molar-refractivity contribution in [2.75, 3.05) is 32.0 Å². The second-order valence-electron chi connectivity index (χ2n) is 23.6. The van der Waals surface area contributed by atoms with E-state index in [-0.39, 0.29) is 33.0 Å². The molecule has 8 rings (SSSR count). The molecule has 0 aromatic carbocycles. The number of hydrogen-bond acceptors (Lipinski definition) is 5. The van der Waals surface area contributed by atoms with Crippen molar-refractivity contribution >= 4 is 25.6 Å². The molecule has 2 aromatic rings. The minimum Gasteiger partial charge on any atom is -0.481 e. The zero-order valence-corrected chi connectivity index (χ0v) is 39.7. The first kappa shape index (κ1) is 42.3. The number of aliphatic carboxylic acids is 1. The number of aromatic amines is 1. The maximum Gasteiger partial charge on any atom is 0.310 e. The largest absolute Gasteiger partial charge is 0.481 e. The lowest BCUT2D eigenvalue weighted by Gasteiger charge is -2.71. The fraction of sp³-hybridized carbons (Fsp3) is 0.796. The highest BCUT2D eigenvalue weighted by molar-refractivity contribution is 6.82. The molecule has 0 bridgehead atoms. The van der Waals surface area contributed by atoms with Crippen molar-refractivity contribution < 1.29 is 14.6 Å². The van der Waals surface area contributed by atoms with Gasteiger partial charge in [0, 0.05) is 43.0 Å². The molecular weight excluding hydrogens is 735 g/mol. The van der Waals surface area contributed by atoms with Crippen molar-refractivity contribution in [2.24, 2.45) is 44.8 Å². The van der Waals surface area contributed by atoms with Crippen molar-refractivity contribution in [3.05, 3.63) is 40.4 Å². The lowest BCUT2D eigenvalue weighted by Crippen LogP contribution is -2.65. The monoisotopic (exact) mass is 814 g/mol. The molecule has 7 unspecified atom stereocenters. The molecule has 1 aliphatic heterocycles. The number of fused-ring (bicyclic) bond motifs is 8. The third kappa shape index (κ3) is 5.69. The second-order valence-corrected chi connectivity index (χ2v) is 29.3. The first-order valence-electron chi connectivity index (χ1n) is 23.3. The van der Waals surface area contributed by atoms with Gasteiger partial charge in [-0.05, 0) is 131 Å². The molecule has 1 saturated heterocycles. The van der Waals surface area contributed by atoms with Crippen LogP contribution in [0, 0.1) is 44.8 Å². The topological polar surface area (TPSA) is 109 Å². The van der Waals surface area contributed by atoms with Gasteiger partial charge in [-0.3, -0.25) is 14.8 Å². The summed E-state index contributed by atoms with van der Waals surface area (Å²) >= 11 is 0. The zero-order valence-electron chi connectivity index (χ0n) is 38.7. The van der Waals surface area contributed by atoms with Crippen molar-refractivity contribution in [2.45, 2.75) is 176 Å². The van der Waals surface area contributed by atoms with E-state index in [2.05, 4.69) is 117 Å². The van der Waals surface area contributed by atoms with Crippen LogP contribution in [0.1, 0.15) is 164 Å². The van der Waals surface area contributed by atoms with Gasteiger partial charge in [0.2, 0.25) is 0 Å². The predicted octanol–water partition coefficient (Wildman–Crippen LogP) is 11.1. The zero-order chi connectivity index (χ0) is 42.2. The number of carboxylic acid groups (broad SMARTS) is 1. The predicted molar refractivity (Wildman–Crippen MR) is 239 cm³/mol. The Labute approximate surface area is 352 Å². The van der Waals surface area contributed by atoms with E-state index in [0.717, 1.165) is 96.5 Å². The van der Waals surface area contributed by atoms with E-state index in [1.807, 2.05) is 0 Å². The number of rotatable bonds is 8. The Morgan fingerprint density at radius 2 is 1.57 bits per heavy atom. The molecule has 0 amide bonds. The summed E-state index contributed by atoms with van der Waals surface area (Å²) in [6.07, 6.45) is 13.9. The van der Waals surface area contributed by atoms with Gasteiger partial charge in [-0.1, -0.05) is 95.6 Å². The van der Waals surface area contributed by atoms with Crippen LogP contribution in [0.4, 0.5) is 5.82 Å². The number of aromatic nitrogens is 3. The van der Waals surface area contributed by atoms with Gasteiger partial charge in [-0.25, -0.2) is 0 Å². The summed E-state index contributed by atoms with van der Waals surface area (Å²) in [6.45, 7) is 36.8. The Balaban J connectivity index is 1.43. The molecule has 4 fully saturated rings.